The summed E-state index contributed by atoms with van der Waals surface area (Å²) in [7, 11) is 0. The Hall–Kier alpha value is -1.78. The van der Waals surface area contributed by atoms with Crippen LogP contribution in [0.2, 0.25) is 0 Å². The summed E-state index contributed by atoms with van der Waals surface area (Å²) in [5.41, 5.74) is 1.75. The lowest BCUT2D eigenvalue weighted by molar-refractivity contribution is -0.384. The van der Waals surface area contributed by atoms with E-state index < -0.39 is 0 Å². The Labute approximate surface area is 119 Å². The molecule has 1 aromatic carbocycles. The molecule has 0 spiro atoms. The van der Waals surface area contributed by atoms with E-state index in [1.54, 1.807) is 12.1 Å². The second-order valence-corrected chi connectivity index (χ2v) is 5.72. The van der Waals surface area contributed by atoms with Gasteiger partial charge in [0.25, 0.3) is 5.69 Å². The smallest absolute Gasteiger partial charge is 0.273 e. The van der Waals surface area contributed by atoms with Crippen molar-refractivity contribution >= 4 is 17.1 Å². The van der Waals surface area contributed by atoms with Gasteiger partial charge >= 0.3 is 0 Å². The molecule has 5 heteroatoms. The first-order valence-electron chi connectivity index (χ1n) is 7.35. The van der Waals surface area contributed by atoms with E-state index in [-0.39, 0.29) is 10.6 Å². The van der Waals surface area contributed by atoms with Crippen molar-refractivity contribution in [1.82, 2.24) is 0 Å². The van der Waals surface area contributed by atoms with Crippen molar-refractivity contribution in [3.63, 3.8) is 0 Å². The number of non-ortho nitro benzene ring substituents is 1. The summed E-state index contributed by atoms with van der Waals surface area (Å²) in [6.07, 6.45) is 3.80. The molecule has 2 rings (SSSR count). The fourth-order valence-corrected chi connectivity index (χ4v) is 2.90. The molecule has 1 aromatic rings. The average Bonchev–Trinajstić information content (AvgIpc) is 2.82. The van der Waals surface area contributed by atoms with E-state index >= 15 is 0 Å². The van der Waals surface area contributed by atoms with Gasteiger partial charge in [0.1, 0.15) is 0 Å². The maximum absolute atomic E-state index is 11.0. The normalized spacial score (nSPS) is 21.7. The highest BCUT2D eigenvalue weighted by molar-refractivity contribution is 5.63. The molecule has 1 fully saturated rings. The number of nitrogens with one attached hydrogen (secondary N) is 2. The van der Waals surface area contributed by atoms with E-state index in [2.05, 4.69) is 17.6 Å². The molecule has 0 amide bonds. The van der Waals surface area contributed by atoms with Gasteiger partial charge in [-0.15, -0.1) is 0 Å². The minimum absolute atomic E-state index is 0.130. The van der Waals surface area contributed by atoms with E-state index in [0.717, 1.165) is 30.4 Å². The Bertz CT molecular complexity index is 476. The summed E-state index contributed by atoms with van der Waals surface area (Å²) >= 11 is 0. The fraction of sp³-hybridized carbons (Fsp3) is 0.600. The van der Waals surface area contributed by atoms with Crippen LogP contribution in [0.3, 0.4) is 0 Å². The minimum Gasteiger partial charge on any atom is -0.385 e. The summed E-state index contributed by atoms with van der Waals surface area (Å²) in [6.45, 7) is 5.92. The van der Waals surface area contributed by atoms with E-state index in [1.807, 2.05) is 13.0 Å². The third-order valence-electron chi connectivity index (χ3n) is 3.91. The zero-order valence-corrected chi connectivity index (χ0v) is 12.2. The van der Waals surface area contributed by atoms with Crippen LogP contribution < -0.4 is 10.6 Å². The molecule has 0 aromatic heterocycles. The Morgan fingerprint density at radius 2 is 1.95 bits per heavy atom. The summed E-state index contributed by atoms with van der Waals surface area (Å²) in [4.78, 5) is 10.6. The van der Waals surface area contributed by atoms with Crippen LogP contribution in [0, 0.1) is 22.0 Å². The van der Waals surface area contributed by atoms with Gasteiger partial charge in [0.05, 0.1) is 4.92 Å². The molecule has 2 N–H and O–H groups in total. The summed E-state index contributed by atoms with van der Waals surface area (Å²) in [5, 5.41) is 17.5. The summed E-state index contributed by atoms with van der Waals surface area (Å²) < 4.78 is 0. The van der Waals surface area contributed by atoms with Gasteiger partial charge in [-0.05, 0) is 37.7 Å². The molecule has 0 aliphatic heterocycles. The number of nitrogens with zero attached hydrogens (tertiary/aromatic N) is 1. The summed E-state index contributed by atoms with van der Waals surface area (Å²) in [6, 6.07) is 5.13. The molecular formula is C15H23N3O2. The number of hydrogen-bond acceptors (Lipinski definition) is 4. The van der Waals surface area contributed by atoms with E-state index in [0.29, 0.717) is 5.92 Å². The molecule has 1 aliphatic carbocycles. The van der Waals surface area contributed by atoms with Crippen LogP contribution in [0.1, 0.15) is 33.1 Å². The monoisotopic (exact) mass is 277 g/mol. The second-order valence-electron chi connectivity index (χ2n) is 5.72. The van der Waals surface area contributed by atoms with Crippen molar-refractivity contribution in [3.05, 3.63) is 28.3 Å². The number of rotatable bonds is 6. The molecule has 1 aliphatic rings. The fourth-order valence-electron chi connectivity index (χ4n) is 2.90. The van der Waals surface area contributed by atoms with Crippen LogP contribution in [0.15, 0.2) is 18.2 Å². The first-order chi connectivity index (χ1) is 9.58. The first kappa shape index (κ1) is 14.6. The number of hydrogen-bond donors (Lipinski definition) is 2. The van der Waals surface area contributed by atoms with E-state index in [4.69, 9.17) is 0 Å². The van der Waals surface area contributed by atoms with Gasteiger partial charge < -0.3 is 10.6 Å². The van der Waals surface area contributed by atoms with Gasteiger partial charge in [-0.2, -0.15) is 0 Å². The summed E-state index contributed by atoms with van der Waals surface area (Å²) in [5.74, 6) is 1.50. The van der Waals surface area contributed by atoms with E-state index in [9.17, 15) is 10.1 Å². The number of nitro benzene ring substituents is 1. The highest BCUT2D eigenvalue weighted by Crippen LogP contribution is 2.31. The third kappa shape index (κ3) is 3.85. The molecule has 0 bridgehead atoms. The topological polar surface area (TPSA) is 67.2 Å². The van der Waals surface area contributed by atoms with Crippen LogP contribution in [0.5, 0.6) is 0 Å². The van der Waals surface area contributed by atoms with Gasteiger partial charge in [0.2, 0.25) is 0 Å². The predicted molar refractivity (Wildman–Crippen MR) is 82.3 cm³/mol. The third-order valence-corrected chi connectivity index (χ3v) is 3.91. The molecule has 5 nitrogen and oxygen atoms in total. The SMILES string of the molecule is CCNc1cc(NCC2CCC(C)C2)cc([N+](=O)[O-])c1. The van der Waals surface area contributed by atoms with Gasteiger partial charge in [0.15, 0.2) is 0 Å². The maximum atomic E-state index is 11.0. The zero-order valence-electron chi connectivity index (χ0n) is 12.2. The molecule has 0 saturated heterocycles. The van der Waals surface area contributed by atoms with Crippen molar-refractivity contribution in [2.75, 3.05) is 23.7 Å². The maximum Gasteiger partial charge on any atom is 0.273 e. The lowest BCUT2D eigenvalue weighted by Gasteiger charge is -2.13. The Kier molecular flexibility index (Phi) is 4.82. The lowest BCUT2D eigenvalue weighted by Crippen LogP contribution is -2.12. The molecular weight excluding hydrogens is 254 g/mol. The van der Waals surface area contributed by atoms with Crippen molar-refractivity contribution < 1.29 is 4.92 Å². The minimum atomic E-state index is -0.344. The first-order valence-corrected chi connectivity index (χ1v) is 7.35. The molecule has 2 unspecified atom stereocenters. The molecule has 110 valence electrons. The van der Waals surface area contributed by atoms with E-state index in [1.165, 1.54) is 19.3 Å². The van der Waals surface area contributed by atoms with Crippen molar-refractivity contribution in [2.45, 2.75) is 33.1 Å². The van der Waals surface area contributed by atoms with Crippen LogP contribution in [0.25, 0.3) is 0 Å². The molecule has 2 atom stereocenters. The molecule has 20 heavy (non-hydrogen) atoms. The quantitative estimate of drug-likeness (QED) is 0.611. The van der Waals surface area contributed by atoms with Crippen molar-refractivity contribution in [1.29, 1.82) is 0 Å². The predicted octanol–water partition coefficient (Wildman–Crippen LogP) is 3.87. The largest absolute Gasteiger partial charge is 0.385 e. The van der Waals surface area contributed by atoms with Crippen molar-refractivity contribution in [2.24, 2.45) is 11.8 Å². The van der Waals surface area contributed by atoms with Gasteiger partial charge in [0, 0.05) is 36.6 Å². The van der Waals surface area contributed by atoms with Gasteiger partial charge in [-0.1, -0.05) is 13.3 Å². The second kappa shape index (κ2) is 6.59. The Morgan fingerprint density at radius 3 is 2.50 bits per heavy atom. The lowest BCUT2D eigenvalue weighted by atomic mass is 10.1. The highest BCUT2D eigenvalue weighted by atomic mass is 16.6. The highest BCUT2D eigenvalue weighted by Gasteiger charge is 2.21. The number of benzene rings is 1. The van der Waals surface area contributed by atoms with Crippen LogP contribution >= 0.6 is 0 Å². The van der Waals surface area contributed by atoms with Crippen LogP contribution in [-0.4, -0.2) is 18.0 Å². The Balaban J connectivity index is 2.03. The number of nitro groups is 1. The average molecular weight is 277 g/mol. The van der Waals surface area contributed by atoms with Gasteiger partial charge in [-0.25, -0.2) is 0 Å². The molecule has 0 radical (unpaired) electrons. The van der Waals surface area contributed by atoms with Gasteiger partial charge in [-0.3, -0.25) is 10.1 Å². The standard InChI is InChI=1S/C15H23N3O2/c1-3-16-13-7-14(9-15(8-13)18(19)20)17-10-12-5-4-11(2)6-12/h7-9,11-12,16-17H,3-6,10H2,1-2H3. The molecule has 1 saturated carbocycles. The Morgan fingerprint density at radius 1 is 1.25 bits per heavy atom. The van der Waals surface area contributed by atoms with Crippen LogP contribution in [0.4, 0.5) is 17.1 Å². The van der Waals surface area contributed by atoms with Crippen LogP contribution in [-0.2, 0) is 0 Å². The molecule has 0 heterocycles. The zero-order chi connectivity index (χ0) is 14.5. The van der Waals surface area contributed by atoms with Crippen molar-refractivity contribution in [3.8, 4) is 0 Å². The number of anilines is 2.